The van der Waals surface area contributed by atoms with Crippen LogP contribution in [0.4, 0.5) is 5.82 Å². The number of piperidine rings is 1. The van der Waals surface area contributed by atoms with Gasteiger partial charge in [-0.25, -0.2) is 4.98 Å². The second-order valence-electron chi connectivity index (χ2n) is 6.13. The third-order valence-electron chi connectivity index (χ3n) is 4.42. The van der Waals surface area contributed by atoms with Crippen molar-refractivity contribution in [3.05, 3.63) is 36.4 Å². The zero-order valence-electron chi connectivity index (χ0n) is 13.3. The molecule has 1 saturated heterocycles. The van der Waals surface area contributed by atoms with E-state index in [9.17, 15) is 5.11 Å². The predicted molar refractivity (Wildman–Crippen MR) is 92.4 cm³/mol. The number of anilines is 1. The highest BCUT2D eigenvalue weighted by Crippen LogP contribution is 2.19. The van der Waals surface area contributed by atoms with Gasteiger partial charge in [-0.1, -0.05) is 5.21 Å². The molecule has 3 aromatic rings. The lowest BCUT2D eigenvalue weighted by Crippen LogP contribution is -2.31. The summed E-state index contributed by atoms with van der Waals surface area (Å²) in [4.78, 5) is 4.67. The fraction of sp³-hybridized carbons (Fsp3) is 0.353. The van der Waals surface area contributed by atoms with E-state index in [0.29, 0.717) is 11.6 Å². The maximum atomic E-state index is 9.43. The molecule has 1 aromatic carbocycles. The number of phenols is 1. The average molecular weight is 324 g/mol. The summed E-state index contributed by atoms with van der Waals surface area (Å²) in [5, 5.41) is 24.6. The minimum absolute atomic E-state index is 0.223. The summed E-state index contributed by atoms with van der Waals surface area (Å²) in [5.74, 6) is 1.74. The molecule has 1 fully saturated rings. The lowest BCUT2D eigenvalue weighted by molar-refractivity contribution is 0.389. The van der Waals surface area contributed by atoms with Crippen molar-refractivity contribution in [2.45, 2.75) is 12.8 Å². The van der Waals surface area contributed by atoms with Gasteiger partial charge in [-0.3, -0.25) is 0 Å². The number of nitrogens with one attached hydrogen (secondary N) is 2. The van der Waals surface area contributed by atoms with Crippen LogP contribution < -0.4 is 10.6 Å². The molecule has 0 atom stereocenters. The fourth-order valence-electron chi connectivity index (χ4n) is 3.01. The summed E-state index contributed by atoms with van der Waals surface area (Å²) >= 11 is 0. The van der Waals surface area contributed by atoms with Gasteiger partial charge in [-0.2, -0.15) is 4.68 Å². The van der Waals surface area contributed by atoms with Gasteiger partial charge in [0, 0.05) is 6.54 Å². The van der Waals surface area contributed by atoms with Gasteiger partial charge in [0.1, 0.15) is 17.1 Å². The van der Waals surface area contributed by atoms with Crippen molar-refractivity contribution in [1.82, 2.24) is 25.3 Å². The number of hydrogen-bond donors (Lipinski definition) is 3. The van der Waals surface area contributed by atoms with Crippen molar-refractivity contribution in [3.8, 4) is 11.4 Å². The Labute approximate surface area is 139 Å². The molecule has 0 aliphatic carbocycles. The van der Waals surface area contributed by atoms with E-state index in [2.05, 4.69) is 25.9 Å². The Morgan fingerprint density at radius 1 is 1.12 bits per heavy atom. The van der Waals surface area contributed by atoms with E-state index in [-0.39, 0.29) is 5.75 Å². The van der Waals surface area contributed by atoms with Crippen LogP contribution in [-0.4, -0.2) is 44.7 Å². The second-order valence-corrected chi connectivity index (χ2v) is 6.13. The Hall–Kier alpha value is -2.67. The number of aromatic nitrogens is 4. The van der Waals surface area contributed by atoms with Gasteiger partial charge in [-0.05, 0) is 68.2 Å². The van der Waals surface area contributed by atoms with E-state index in [1.165, 1.54) is 12.8 Å². The van der Waals surface area contributed by atoms with Crippen LogP contribution in [0.3, 0.4) is 0 Å². The molecule has 0 bridgehead atoms. The van der Waals surface area contributed by atoms with Crippen molar-refractivity contribution in [2.24, 2.45) is 5.92 Å². The van der Waals surface area contributed by atoms with Gasteiger partial charge in [-0.15, -0.1) is 5.10 Å². The summed E-state index contributed by atoms with van der Waals surface area (Å²) < 4.78 is 1.69. The molecule has 0 radical (unpaired) electrons. The molecule has 1 aliphatic rings. The normalized spacial score (nSPS) is 15.7. The molecule has 124 valence electrons. The average Bonchev–Trinajstić information content (AvgIpc) is 3.05. The zero-order chi connectivity index (χ0) is 16.4. The van der Waals surface area contributed by atoms with Crippen LogP contribution in [0.1, 0.15) is 12.8 Å². The van der Waals surface area contributed by atoms with Crippen LogP contribution in [0.5, 0.6) is 5.75 Å². The highest BCUT2D eigenvalue weighted by atomic mass is 16.3. The zero-order valence-corrected chi connectivity index (χ0v) is 13.3. The number of rotatable bonds is 4. The third kappa shape index (κ3) is 3.03. The van der Waals surface area contributed by atoms with Gasteiger partial charge < -0.3 is 15.7 Å². The van der Waals surface area contributed by atoms with Crippen LogP contribution in [0.2, 0.25) is 0 Å². The van der Waals surface area contributed by atoms with Crippen LogP contribution in [0.15, 0.2) is 36.4 Å². The molecule has 3 heterocycles. The van der Waals surface area contributed by atoms with Crippen LogP contribution in [0.25, 0.3) is 16.9 Å². The van der Waals surface area contributed by atoms with Crippen molar-refractivity contribution in [1.29, 1.82) is 0 Å². The van der Waals surface area contributed by atoms with E-state index >= 15 is 0 Å². The number of nitrogens with zero attached hydrogens (tertiary/aromatic N) is 4. The van der Waals surface area contributed by atoms with Crippen LogP contribution in [-0.2, 0) is 0 Å². The molecule has 2 aromatic heterocycles. The standard InChI is InChI=1S/C17H20N6O/c24-14-3-1-13(2-4-14)23-17-15(21-22-23)5-6-16(20-17)19-11-12-7-9-18-10-8-12/h1-6,12,18,24H,7-11H2,(H,19,20). The molecular formula is C17H20N6O. The van der Waals surface area contributed by atoms with E-state index in [1.807, 2.05) is 12.1 Å². The summed E-state index contributed by atoms with van der Waals surface area (Å²) in [7, 11) is 0. The first kappa shape index (κ1) is 14.9. The number of aromatic hydroxyl groups is 1. The van der Waals surface area contributed by atoms with Crippen molar-refractivity contribution < 1.29 is 5.11 Å². The first-order valence-electron chi connectivity index (χ1n) is 8.26. The molecular weight excluding hydrogens is 304 g/mol. The number of pyridine rings is 1. The molecule has 24 heavy (non-hydrogen) atoms. The van der Waals surface area contributed by atoms with Crippen molar-refractivity contribution in [2.75, 3.05) is 25.0 Å². The quantitative estimate of drug-likeness (QED) is 0.680. The van der Waals surface area contributed by atoms with Gasteiger partial charge in [0.25, 0.3) is 0 Å². The Morgan fingerprint density at radius 2 is 1.92 bits per heavy atom. The first-order chi connectivity index (χ1) is 11.8. The number of hydrogen-bond acceptors (Lipinski definition) is 6. The van der Waals surface area contributed by atoms with Crippen LogP contribution >= 0.6 is 0 Å². The second kappa shape index (κ2) is 6.45. The minimum atomic E-state index is 0.223. The number of fused-ring (bicyclic) bond motifs is 1. The Balaban J connectivity index is 1.57. The largest absolute Gasteiger partial charge is 0.508 e. The Bertz CT molecular complexity index is 823. The van der Waals surface area contributed by atoms with E-state index in [1.54, 1.807) is 28.9 Å². The van der Waals surface area contributed by atoms with Crippen molar-refractivity contribution >= 4 is 17.0 Å². The summed E-state index contributed by atoms with van der Waals surface area (Å²) in [6, 6.07) is 10.7. The highest BCUT2D eigenvalue weighted by Gasteiger charge is 2.14. The molecule has 3 N–H and O–H groups in total. The van der Waals surface area contributed by atoms with E-state index in [0.717, 1.165) is 36.7 Å². The number of benzene rings is 1. The maximum Gasteiger partial charge on any atom is 0.185 e. The monoisotopic (exact) mass is 324 g/mol. The lowest BCUT2D eigenvalue weighted by atomic mass is 9.98. The van der Waals surface area contributed by atoms with Gasteiger partial charge in [0.15, 0.2) is 5.65 Å². The Kier molecular flexibility index (Phi) is 4.00. The molecule has 0 unspecified atom stereocenters. The topological polar surface area (TPSA) is 87.9 Å². The van der Waals surface area contributed by atoms with Gasteiger partial charge in [0.05, 0.1) is 5.69 Å². The van der Waals surface area contributed by atoms with Crippen molar-refractivity contribution in [3.63, 3.8) is 0 Å². The number of phenolic OH excluding ortho intramolecular Hbond substituents is 1. The highest BCUT2D eigenvalue weighted by molar-refractivity contribution is 5.74. The molecule has 0 saturated carbocycles. The summed E-state index contributed by atoms with van der Waals surface area (Å²) in [5.41, 5.74) is 2.27. The minimum Gasteiger partial charge on any atom is -0.508 e. The third-order valence-corrected chi connectivity index (χ3v) is 4.42. The van der Waals surface area contributed by atoms with Gasteiger partial charge in [0.2, 0.25) is 0 Å². The molecule has 4 rings (SSSR count). The van der Waals surface area contributed by atoms with Gasteiger partial charge >= 0.3 is 0 Å². The molecule has 7 nitrogen and oxygen atoms in total. The molecule has 1 aliphatic heterocycles. The SMILES string of the molecule is Oc1ccc(-n2nnc3ccc(NCC4CCNCC4)nc32)cc1. The fourth-order valence-corrected chi connectivity index (χ4v) is 3.01. The summed E-state index contributed by atoms with van der Waals surface area (Å²) in [6.07, 6.45) is 2.39. The molecule has 0 spiro atoms. The predicted octanol–water partition coefficient (Wildman–Crippen LogP) is 1.93. The lowest BCUT2D eigenvalue weighted by Gasteiger charge is -2.22. The maximum absolute atomic E-state index is 9.43. The Morgan fingerprint density at radius 3 is 2.71 bits per heavy atom. The van der Waals surface area contributed by atoms with E-state index in [4.69, 9.17) is 0 Å². The summed E-state index contributed by atoms with van der Waals surface area (Å²) in [6.45, 7) is 3.12. The smallest absolute Gasteiger partial charge is 0.185 e. The first-order valence-corrected chi connectivity index (χ1v) is 8.26. The molecule has 0 amide bonds. The van der Waals surface area contributed by atoms with E-state index < -0.39 is 0 Å². The molecule has 7 heteroatoms. The van der Waals surface area contributed by atoms with Crippen LogP contribution in [0, 0.1) is 5.92 Å².